The molecule has 0 aliphatic rings. The molecule has 1 rings (SSSR count). The highest BCUT2D eigenvalue weighted by Gasteiger charge is 2.27. The van der Waals surface area contributed by atoms with Crippen LogP contribution < -0.4 is 11.1 Å². The maximum absolute atomic E-state index is 5.98. The Labute approximate surface area is 158 Å². The molecule has 23 heavy (non-hydrogen) atoms. The molecule has 0 aromatic heterocycles. The van der Waals surface area contributed by atoms with Crippen molar-refractivity contribution in [3.63, 3.8) is 0 Å². The highest BCUT2D eigenvalue weighted by Crippen LogP contribution is 2.31. The first kappa shape index (κ1) is 22.2. The molecule has 0 saturated carbocycles. The van der Waals surface area contributed by atoms with E-state index in [1.807, 2.05) is 6.92 Å². The summed E-state index contributed by atoms with van der Waals surface area (Å²) >= 11 is 0. The molecule has 0 saturated heterocycles. The van der Waals surface area contributed by atoms with Crippen molar-refractivity contribution in [3.8, 4) is 0 Å². The first-order chi connectivity index (χ1) is 10.7. The van der Waals surface area contributed by atoms with Gasteiger partial charge in [0.25, 0.3) is 0 Å². The minimum absolute atomic E-state index is 0. The van der Waals surface area contributed by atoms with Gasteiger partial charge in [-0.25, -0.2) is 0 Å². The second-order valence-electron chi connectivity index (χ2n) is 5.53. The van der Waals surface area contributed by atoms with Gasteiger partial charge >= 0.3 is 0 Å². The van der Waals surface area contributed by atoms with Crippen LogP contribution in [0.5, 0.6) is 0 Å². The van der Waals surface area contributed by atoms with E-state index in [-0.39, 0.29) is 29.4 Å². The standard InChI is InChI=1S/C18H31N3O.HI/c1-4-18(5-2,16-11-8-7-9-12-16)15-21-17(19)20-13-10-14-22-6-3;/h7-9,11-12H,4-6,10,13-15H2,1-3H3,(H3,19,20,21);1H. The topological polar surface area (TPSA) is 59.6 Å². The third-order valence-corrected chi connectivity index (χ3v) is 4.27. The molecule has 0 atom stereocenters. The highest BCUT2D eigenvalue weighted by molar-refractivity contribution is 14.0. The average Bonchev–Trinajstić information content (AvgIpc) is 2.57. The van der Waals surface area contributed by atoms with Crippen LogP contribution in [0.3, 0.4) is 0 Å². The Morgan fingerprint density at radius 2 is 1.83 bits per heavy atom. The fourth-order valence-corrected chi connectivity index (χ4v) is 2.59. The van der Waals surface area contributed by atoms with E-state index in [1.54, 1.807) is 0 Å². The minimum Gasteiger partial charge on any atom is -0.382 e. The van der Waals surface area contributed by atoms with Crippen LogP contribution >= 0.6 is 24.0 Å². The van der Waals surface area contributed by atoms with Gasteiger partial charge in [-0.3, -0.25) is 4.99 Å². The number of rotatable bonds is 10. The van der Waals surface area contributed by atoms with Gasteiger partial charge in [0, 0.05) is 25.2 Å². The molecule has 132 valence electrons. The van der Waals surface area contributed by atoms with E-state index in [2.05, 4.69) is 54.5 Å². The van der Waals surface area contributed by atoms with Gasteiger partial charge in [-0.1, -0.05) is 44.2 Å². The Hall–Kier alpha value is -0.820. The molecule has 0 heterocycles. The molecule has 0 spiro atoms. The maximum Gasteiger partial charge on any atom is 0.188 e. The van der Waals surface area contributed by atoms with E-state index < -0.39 is 0 Å². The molecule has 0 fully saturated rings. The van der Waals surface area contributed by atoms with Crippen LogP contribution in [0, 0.1) is 0 Å². The van der Waals surface area contributed by atoms with Gasteiger partial charge in [0.1, 0.15) is 0 Å². The van der Waals surface area contributed by atoms with E-state index in [0.29, 0.717) is 12.5 Å². The van der Waals surface area contributed by atoms with Crippen molar-refractivity contribution in [2.45, 2.75) is 45.4 Å². The van der Waals surface area contributed by atoms with Gasteiger partial charge in [-0.05, 0) is 31.7 Å². The molecule has 0 bridgehead atoms. The molecule has 3 N–H and O–H groups in total. The number of guanidine groups is 1. The molecule has 0 aliphatic heterocycles. The van der Waals surface area contributed by atoms with Crippen molar-refractivity contribution in [3.05, 3.63) is 35.9 Å². The molecule has 1 aromatic rings. The second kappa shape index (κ2) is 12.6. The lowest BCUT2D eigenvalue weighted by Gasteiger charge is -2.30. The zero-order valence-corrected chi connectivity index (χ0v) is 17.0. The van der Waals surface area contributed by atoms with Crippen molar-refractivity contribution in [2.75, 3.05) is 26.3 Å². The SMILES string of the molecule is CCOCCCNC(N)=NCC(CC)(CC)c1ccccc1.I. The molecular weight excluding hydrogens is 401 g/mol. The predicted molar refractivity (Wildman–Crippen MR) is 110 cm³/mol. The van der Waals surface area contributed by atoms with Crippen LogP contribution in [-0.4, -0.2) is 32.3 Å². The van der Waals surface area contributed by atoms with Crippen LogP contribution in [0.15, 0.2) is 35.3 Å². The van der Waals surface area contributed by atoms with Crippen LogP contribution in [0.2, 0.25) is 0 Å². The Bertz CT molecular complexity index is 433. The van der Waals surface area contributed by atoms with E-state index in [0.717, 1.165) is 39.0 Å². The summed E-state index contributed by atoms with van der Waals surface area (Å²) in [5.74, 6) is 0.527. The summed E-state index contributed by atoms with van der Waals surface area (Å²) in [6, 6.07) is 10.6. The minimum atomic E-state index is 0. The van der Waals surface area contributed by atoms with Crippen LogP contribution in [0.1, 0.15) is 45.6 Å². The number of ether oxygens (including phenoxy) is 1. The van der Waals surface area contributed by atoms with Crippen molar-refractivity contribution < 1.29 is 4.74 Å². The van der Waals surface area contributed by atoms with Gasteiger partial charge in [0.15, 0.2) is 5.96 Å². The number of nitrogens with zero attached hydrogens (tertiary/aromatic N) is 1. The molecular formula is C18H32IN3O. The molecule has 1 aromatic carbocycles. The fraction of sp³-hybridized carbons (Fsp3) is 0.611. The number of nitrogens with one attached hydrogen (secondary N) is 1. The van der Waals surface area contributed by atoms with Gasteiger partial charge < -0.3 is 15.8 Å². The quantitative estimate of drug-likeness (QED) is 0.256. The maximum atomic E-state index is 5.98. The highest BCUT2D eigenvalue weighted by atomic mass is 127. The summed E-state index contributed by atoms with van der Waals surface area (Å²) in [7, 11) is 0. The van der Waals surface area contributed by atoms with Crippen LogP contribution in [-0.2, 0) is 10.2 Å². The van der Waals surface area contributed by atoms with Crippen LogP contribution in [0.25, 0.3) is 0 Å². The number of halogens is 1. The lowest BCUT2D eigenvalue weighted by atomic mass is 9.76. The average molecular weight is 433 g/mol. The van der Waals surface area contributed by atoms with E-state index in [9.17, 15) is 0 Å². The molecule has 0 amide bonds. The van der Waals surface area contributed by atoms with Gasteiger partial charge in [-0.15, -0.1) is 24.0 Å². The Morgan fingerprint density at radius 1 is 1.17 bits per heavy atom. The Morgan fingerprint density at radius 3 is 2.39 bits per heavy atom. The van der Waals surface area contributed by atoms with Crippen molar-refractivity contribution in [2.24, 2.45) is 10.7 Å². The van der Waals surface area contributed by atoms with Gasteiger partial charge in [0.05, 0.1) is 6.54 Å². The van der Waals surface area contributed by atoms with Crippen molar-refractivity contribution in [1.82, 2.24) is 5.32 Å². The van der Waals surface area contributed by atoms with Gasteiger partial charge in [-0.2, -0.15) is 0 Å². The summed E-state index contributed by atoms with van der Waals surface area (Å²) in [5, 5.41) is 3.16. The zero-order chi connectivity index (χ0) is 16.3. The number of hydrogen-bond acceptors (Lipinski definition) is 2. The monoisotopic (exact) mass is 433 g/mol. The largest absolute Gasteiger partial charge is 0.382 e. The van der Waals surface area contributed by atoms with E-state index in [1.165, 1.54) is 5.56 Å². The number of hydrogen-bond donors (Lipinski definition) is 2. The summed E-state index contributed by atoms with van der Waals surface area (Å²) in [5.41, 5.74) is 7.39. The Kier molecular flexibility index (Phi) is 12.1. The first-order valence-electron chi connectivity index (χ1n) is 8.35. The van der Waals surface area contributed by atoms with Crippen LogP contribution in [0.4, 0.5) is 0 Å². The Balaban J connectivity index is 0.00000484. The molecule has 0 unspecified atom stereocenters. The number of aliphatic imine (C=N–C) groups is 1. The molecule has 4 nitrogen and oxygen atoms in total. The van der Waals surface area contributed by atoms with E-state index >= 15 is 0 Å². The molecule has 5 heteroatoms. The van der Waals surface area contributed by atoms with Crippen molar-refractivity contribution >= 4 is 29.9 Å². The third-order valence-electron chi connectivity index (χ3n) is 4.27. The first-order valence-corrected chi connectivity index (χ1v) is 8.35. The molecule has 0 radical (unpaired) electrons. The van der Waals surface area contributed by atoms with Crippen molar-refractivity contribution in [1.29, 1.82) is 0 Å². The summed E-state index contributed by atoms with van der Waals surface area (Å²) in [6.07, 6.45) is 3.04. The summed E-state index contributed by atoms with van der Waals surface area (Å²) < 4.78 is 5.30. The van der Waals surface area contributed by atoms with E-state index in [4.69, 9.17) is 10.5 Å². The summed E-state index contributed by atoms with van der Waals surface area (Å²) in [4.78, 5) is 4.58. The lowest BCUT2D eigenvalue weighted by molar-refractivity contribution is 0.145. The fourth-order valence-electron chi connectivity index (χ4n) is 2.59. The zero-order valence-electron chi connectivity index (χ0n) is 14.7. The molecule has 0 aliphatic carbocycles. The predicted octanol–water partition coefficient (Wildman–Crippen LogP) is 3.69. The lowest BCUT2D eigenvalue weighted by Crippen LogP contribution is -2.36. The summed E-state index contributed by atoms with van der Waals surface area (Å²) in [6.45, 7) is 9.47. The van der Waals surface area contributed by atoms with Gasteiger partial charge in [0.2, 0.25) is 0 Å². The number of nitrogens with two attached hydrogens (primary N) is 1. The smallest absolute Gasteiger partial charge is 0.188 e. The third kappa shape index (κ3) is 7.52. The normalized spacial score (nSPS) is 11.9. The number of benzene rings is 1. The second-order valence-corrected chi connectivity index (χ2v) is 5.53.